The van der Waals surface area contributed by atoms with E-state index >= 15 is 0 Å². The lowest BCUT2D eigenvalue weighted by atomic mass is 9.92. The summed E-state index contributed by atoms with van der Waals surface area (Å²) in [4.78, 5) is 0. The second kappa shape index (κ2) is 4.36. The monoisotopic (exact) mass is 224 g/mol. The molecule has 0 bridgehead atoms. The van der Waals surface area contributed by atoms with Crippen molar-refractivity contribution in [3.8, 4) is 0 Å². The van der Waals surface area contributed by atoms with Gasteiger partial charge in [-0.2, -0.15) is 0 Å². The fourth-order valence-corrected chi connectivity index (χ4v) is 2.29. The van der Waals surface area contributed by atoms with E-state index in [4.69, 9.17) is 11.6 Å². The zero-order chi connectivity index (χ0) is 10.8. The molecule has 0 saturated heterocycles. The smallest absolute Gasteiger partial charge is 0.130 e. The highest BCUT2D eigenvalue weighted by molar-refractivity contribution is 6.22. The van der Waals surface area contributed by atoms with Crippen LogP contribution in [0.25, 0.3) is 5.57 Å². The predicted octanol–water partition coefficient (Wildman–Crippen LogP) is 4.31. The Morgan fingerprint density at radius 2 is 2.20 bits per heavy atom. The molecule has 1 aliphatic rings. The van der Waals surface area contributed by atoms with E-state index in [0.717, 1.165) is 36.0 Å². The molecule has 1 aromatic rings. The maximum Gasteiger partial charge on any atom is 0.130 e. The van der Waals surface area contributed by atoms with E-state index in [1.807, 2.05) is 19.1 Å². The summed E-state index contributed by atoms with van der Waals surface area (Å²) in [6.45, 7) is 1.98. The highest BCUT2D eigenvalue weighted by Crippen LogP contribution is 2.30. The number of aryl methyl sites for hydroxylation is 1. The van der Waals surface area contributed by atoms with Crippen LogP contribution >= 0.6 is 11.6 Å². The summed E-state index contributed by atoms with van der Waals surface area (Å²) in [6, 6.07) is 5.22. The molecule has 0 heterocycles. The normalized spacial score (nSPS) is 21.3. The van der Waals surface area contributed by atoms with Gasteiger partial charge in [-0.15, -0.1) is 11.6 Å². The SMILES string of the molecule is Cc1ccc(F)c(C2=CC(Cl)CCC2)c1. The summed E-state index contributed by atoms with van der Waals surface area (Å²) in [6.07, 6.45) is 4.97. The Hall–Kier alpha value is -0.820. The van der Waals surface area contributed by atoms with Gasteiger partial charge in [0.15, 0.2) is 0 Å². The Kier molecular flexibility index (Phi) is 3.11. The van der Waals surface area contributed by atoms with Gasteiger partial charge in [0.2, 0.25) is 0 Å². The second-order valence-corrected chi connectivity index (χ2v) is 4.64. The van der Waals surface area contributed by atoms with Gasteiger partial charge in [-0.3, -0.25) is 0 Å². The van der Waals surface area contributed by atoms with Crippen molar-refractivity contribution in [1.29, 1.82) is 0 Å². The molecule has 0 saturated carbocycles. The number of benzene rings is 1. The molecule has 0 nitrogen and oxygen atoms in total. The van der Waals surface area contributed by atoms with Crippen LogP contribution < -0.4 is 0 Å². The molecule has 15 heavy (non-hydrogen) atoms. The van der Waals surface area contributed by atoms with Crippen LogP contribution in [0.2, 0.25) is 0 Å². The quantitative estimate of drug-likeness (QED) is 0.624. The van der Waals surface area contributed by atoms with Crippen molar-refractivity contribution in [2.75, 3.05) is 0 Å². The van der Waals surface area contributed by atoms with E-state index in [0.29, 0.717) is 0 Å². The minimum atomic E-state index is -0.141. The molecular weight excluding hydrogens is 211 g/mol. The van der Waals surface area contributed by atoms with Crippen molar-refractivity contribution >= 4 is 17.2 Å². The Morgan fingerprint density at radius 3 is 2.93 bits per heavy atom. The average Bonchev–Trinajstić information content (AvgIpc) is 2.22. The van der Waals surface area contributed by atoms with Gasteiger partial charge in [-0.25, -0.2) is 4.39 Å². The van der Waals surface area contributed by atoms with Gasteiger partial charge < -0.3 is 0 Å². The molecule has 2 heteroatoms. The molecule has 1 aliphatic carbocycles. The first-order valence-corrected chi connectivity index (χ1v) is 5.72. The summed E-state index contributed by atoms with van der Waals surface area (Å²) < 4.78 is 13.6. The summed E-state index contributed by atoms with van der Waals surface area (Å²) in [5.74, 6) is -0.141. The van der Waals surface area contributed by atoms with E-state index < -0.39 is 0 Å². The van der Waals surface area contributed by atoms with Gasteiger partial charge in [0.1, 0.15) is 5.82 Å². The summed E-state index contributed by atoms with van der Waals surface area (Å²) in [5.41, 5.74) is 2.87. The third kappa shape index (κ3) is 2.40. The molecule has 80 valence electrons. The van der Waals surface area contributed by atoms with Crippen molar-refractivity contribution in [2.24, 2.45) is 0 Å². The fraction of sp³-hybridized carbons (Fsp3) is 0.385. The van der Waals surface area contributed by atoms with Crippen LogP contribution in [-0.4, -0.2) is 5.38 Å². The molecule has 0 spiro atoms. The molecule has 0 radical (unpaired) electrons. The highest BCUT2D eigenvalue weighted by Gasteiger charge is 2.15. The lowest BCUT2D eigenvalue weighted by molar-refractivity contribution is 0.620. The zero-order valence-electron chi connectivity index (χ0n) is 8.76. The van der Waals surface area contributed by atoms with Crippen LogP contribution in [0.5, 0.6) is 0 Å². The lowest BCUT2D eigenvalue weighted by Crippen LogP contribution is -2.04. The Morgan fingerprint density at radius 1 is 1.40 bits per heavy atom. The Balaban J connectivity index is 2.40. The number of halogens is 2. The number of alkyl halides is 1. The maximum atomic E-state index is 13.6. The van der Waals surface area contributed by atoms with Gasteiger partial charge in [-0.1, -0.05) is 17.7 Å². The third-order valence-corrected chi connectivity index (χ3v) is 3.12. The van der Waals surface area contributed by atoms with E-state index in [-0.39, 0.29) is 11.2 Å². The molecule has 0 aromatic heterocycles. The summed E-state index contributed by atoms with van der Waals surface area (Å²) in [5, 5.41) is 0.0636. The van der Waals surface area contributed by atoms with E-state index in [1.165, 1.54) is 6.07 Å². The molecule has 0 fully saturated rings. The molecule has 0 N–H and O–H groups in total. The van der Waals surface area contributed by atoms with Gasteiger partial charge in [0, 0.05) is 5.56 Å². The Labute approximate surface area is 94.8 Å². The van der Waals surface area contributed by atoms with E-state index in [1.54, 1.807) is 6.07 Å². The first kappa shape index (κ1) is 10.7. The van der Waals surface area contributed by atoms with Gasteiger partial charge in [0.25, 0.3) is 0 Å². The van der Waals surface area contributed by atoms with Gasteiger partial charge >= 0.3 is 0 Å². The minimum absolute atomic E-state index is 0.0636. The van der Waals surface area contributed by atoms with Gasteiger partial charge in [0.05, 0.1) is 5.38 Å². The van der Waals surface area contributed by atoms with Crippen molar-refractivity contribution in [1.82, 2.24) is 0 Å². The molecule has 1 aromatic carbocycles. The van der Waals surface area contributed by atoms with Crippen molar-refractivity contribution in [3.63, 3.8) is 0 Å². The second-order valence-electron chi connectivity index (χ2n) is 4.08. The van der Waals surface area contributed by atoms with Crippen LogP contribution in [-0.2, 0) is 0 Å². The number of rotatable bonds is 1. The number of hydrogen-bond acceptors (Lipinski definition) is 0. The van der Waals surface area contributed by atoms with Gasteiger partial charge in [-0.05, 0) is 43.9 Å². The van der Waals surface area contributed by atoms with Crippen LogP contribution in [0.15, 0.2) is 24.3 Å². The molecular formula is C13H14ClF. The van der Waals surface area contributed by atoms with Crippen LogP contribution in [0.1, 0.15) is 30.4 Å². The highest BCUT2D eigenvalue weighted by atomic mass is 35.5. The topological polar surface area (TPSA) is 0 Å². The van der Waals surface area contributed by atoms with E-state index in [2.05, 4.69) is 0 Å². The first-order valence-electron chi connectivity index (χ1n) is 5.28. The van der Waals surface area contributed by atoms with Crippen molar-refractivity contribution in [3.05, 3.63) is 41.2 Å². The summed E-state index contributed by atoms with van der Waals surface area (Å²) in [7, 11) is 0. The van der Waals surface area contributed by atoms with Crippen LogP contribution in [0, 0.1) is 12.7 Å². The fourth-order valence-electron chi connectivity index (χ4n) is 1.98. The largest absolute Gasteiger partial charge is 0.206 e. The van der Waals surface area contributed by atoms with Crippen LogP contribution in [0.4, 0.5) is 4.39 Å². The minimum Gasteiger partial charge on any atom is -0.206 e. The molecule has 0 amide bonds. The van der Waals surface area contributed by atoms with Crippen molar-refractivity contribution in [2.45, 2.75) is 31.6 Å². The summed E-state index contributed by atoms with van der Waals surface area (Å²) >= 11 is 6.05. The number of allylic oxidation sites excluding steroid dienone is 2. The maximum absolute atomic E-state index is 13.6. The molecule has 0 aliphatic heterocycles. The van der Waals surface area contributed by atoms with Crippen molar-refractivity contribution < 1.29 is 4.39 Å². The standard InChI is InChI=1S/C13H14ClF/c1-9-5-6-13(15)12(7-9)10-3-2-4-11(14)8-10/h5-8,11H,2-4H2,1H3. The lowest BCUT2D eigenvalue weighted by Gasteiger charge is -2.17. The number of hydrogen-bond donors (Lipinski definition) is 0. The van der Waals surface area contributed by atoms with E-state index in [9.17, 15) is 4.39 Å². The zero-order valence-corrected chi connectivity index (χ0v) is 9.52. The third-order valence-electron chi connectivity index (χ3n) is 2.78. The van der Waals surface area contributed by atoms with Crippen LogP contribution in [0.3, 0.4) is 0 Å². The first-order chi connectivity index (χ1) is 7.16. The predicted molar refractivity (Wildman–Crippen MR) is 62.6 cm³/mol. The average molecular weight is 225 g/mol. The Bertz CT molecular complexity index is 396. The molecule has 2 rings (SSSR count). The molecule has 1 atom stereocenters. The molecule has 1 unspecified atom stereocenters.